The lowest BCUT2D eigenvalue weighted by Crippen LogP contribution is -2.51. The van der Waals surface area contributed by atoms with Gasteiger partial charge in [0.25, 0.3) is 0 Å². The smallest absolute Gasteiger partial charge is 0.237 e. The molecule has 15 heavy (non-hydrogen) atoms. The Balaban J connectivity index is 1.97. The van der Waals surface area contributed by atoms with Crippen molar-refractivity contribution >= 4 is 5.91 Å². The van der Waals surface area contributed by atoms with Crippen LogP contribution in [0.5, 0.6) is 0 Å². The monoisotopic (exact) mass is 210 g/mol. The van der Waals surface area contributed by atoms with E-state index < -0.39 is 0 Å². The molecule has 1 atom stereocenters. The van der Waals surface area contributed by atoms with E-state index in [1.807, 2.05) is 0 Å². The number of hydrogen-bond donors (Lipinski definition) is 1. The van der Waals surface area contributed by atoms with Crippen LogP contribution in [0.1, 0.15) is 46.5 Å². The number of likely N-dealkylation sites (tertiary alicyclic amines) is 1. The van der Waals surface area contributed by atoms with Gasteiger partial charge < -0.3 is 5.32 Å². The van der Waals surface area contributed by atoms with Crippen molar-refractivity contribution in [1.29, 1.82) is 0 Å². The number of rotatable bonds is 2. The Labute approximate surface area is 92.2 Å². The number of nitrogens with zero attached hydrogens (tertiary/aromatic N) is 1. The summed E-state index contributed by atoms with van der Waals surface area (Å²) >= 11 is 0. The van der Waals surface area contributed by atoms with Crippen molar-refractivity contribution in [2.45, 2.75) is 64.1 Å². The first-order valence-electron chi connectivity index (χ1n) is 6.05. The molecule has 2 aliphatic rings. The first kappa shape index (κ1) is 10.9. The van der Waals surface area contributed by atoms with Crippen LogP contribution in [-0.4, -0.2) is 35.0 Å². The molecular formula is C12H22N2O. The quantitative estimate of drug-likeness (QED) is 0.749. The molecule has 0 radical (unpaired) electrons. The third-order valence-corrected chi connectivity index (χ3v) is 3.34. The molecule has 2 rings (SSSR count). The summed E-state index contributed by atoms with van der Waals surface area (Å²) in [4.78, 5) is 14.3. The van der Waals surface area contributed by atoms with E-state index in [1.165, 1.54) is 12.8 Å². The molecule has 0 spiro atoms. The molecule has 1 heterocycles. The van der Waals surface area contributed by atoms with Crippen LogP contribution in [0.4, 0.5) is 0 Å². The summed E-state index contributed by atoms with van der Waals surface area (Å²) in [6.07, 6.45) is 4.53. The molecule has 0 aromatic rings. The zero-order chi connectivity index (χ0) is 11.1. The van der Waals surface area contributed by atoms with Gasteiger partial charge >= 0.3 is 0 Å². The Morgan fingerprint density at radius 1 is 1.27 bits per heavy atom. The van der Waals surface area contributed by atoms with E-state index in [-0.39, 0.29) is 17.5 Å². The molecule has 0 unspecified atom stereocenters. The summed E-state index contributed by atoms with van der Waals surface area (Å²) in [5.41, 5.74) is 0.113. The lowest BCUT2D eigenvalue weighted by Gasteiger charge is -2.36. The van der Waals surface area contributed by atoms with E-state index in [0.717, 1.165) is 19.4 Å². The Morgan fingerprint density at radius 3 is 2.47 bits per heavy atom. The fourth-order valence-electron chi connectivity index (χ4n) is 2.37. The summed E-state index contributed by atoms with van der Waals surface area (Å²) in [5.74, 6) is 0.255. The second kappa shape index (κ2) is 3.78. The molecular weight excluding hydrogens is 188 g/mol. The van der Waals surface area contributed by atoms with Crippen LogP contribution in [0.15, 0.2) is 0 Å². The molecule has 1 aliphatic heterocycles. The number of nitrogens with one attached hydrogen (secondary N) is 1. The average Bonchev–Trinajstić information content (AvgIpc) is 2.80. The second-order valence-corrected chi connectivity index (χ2v) is 5.81. The van der Waals surface area contributed by atoms with E-state index in [4.69, 9.17) is 0 Å². The normalized spacial score (nSPS) is 28.1. The van der Waals surface area contributed by atoms with Crippen molar-refractivity contribution in [3.8, 4) is 0 Å². The van der Waals surface area contributed by atoms with Crippen LogP contribution in [0, 0.1) is 0 Å². The third-order valence-electron chi connectivity index (χ3n) is 3.34. The minimum atomic E-state index is 0.113. The fraction of sp³-hybridized carbons (Fsp3) is 0.917. The fourth-order valence-corrected chi connectivity index (χ4v) is 2.37. The van der Waals surface area contributed by atoms with Gasteiger partial charge in [0.15, 0.2) is 0 Å². The highest BCUT2D eigenvalue weighted by atomic mass is 16.2. The van der Waals surface area contributed by atoms with E-state index in [2.05, 4.69) is 31.0 Å². The standard InChI is InChI=1S/C12H22N2O/c1-12(2,3)14-8-4-5-10(14)11(15)13-9-6-7-9/h9-10H,4-8H2,1-3H3,(H,13,15)/t10-/m0/s1. The zero-order valence-corrected chi connectivity index (χ0v) is 10.0. The van der Waals surface area contributed by atoms with Crippen LogP contribution in [0.2, 0.25) is 0 Å². The van der Waals surface area contributed by atoms with E-state index >= 15 is 0 Å². The van der Waals surface area contributed by atoms with Gasteiger partial charge in [-0.15, -0.1) is 0 Å². The first-order valence-corrected chi connectivity index (χ1v) is 6.05. The predicted octanol–water partition coefficient (Wildman–Crippen LogP) is 1.53. The van der Waals surface area contributed by atoms with Gasteiger partial charge in [0.1, 0.15) is 0 Å². The lowest BCUT2D eigenvalue weighted by molar-refractivity contribution is -0.127. The van der Waals surface area contributed by atoms with Gasteiger partial charge in [-0.25, -0.2) is 0 Å². The molecule has 3 heteroatoms. The van der Waals surface area contributed by atoms with Crippen molar-refractivity contribution in [2.75, 3.05) is 6.54 Å². The van der Waals surface area contributed by atoms with Gasteiger partial charge in [-0.3, -0.25) is 9.69 Å². The van der Waals surface area contributed by atoms with Crippen molar-refractivity contribution < 1.29 is 4.79 Å². The number of amides is 1. The third kappa shape index (κ3) is 2.51. The molecule has 86 valence electrons. The average molecular weight is 210 g/mol. The van der Waals surface area contributed by atoms with Gasteiger partial charge in [0.05, 0.1) is 6.04 Å². The minimum Gasteiger partial charge on any atom is -0.352 e. The Morgan fingerprint density at radius 2 is 1.93 bits per heavy atom. The Kier molecular flexibility index (Phi) is 2.75. The van der Waals surface area contributed by atoms with Crippen molar-refractivity contribution in [3.05, 3.63) is 0 Å². The molecule has 1 saturated carbocycles. The van der Waals surface area contributed by atoms with Crippen LogP contribution in [0.25, 0.3) is 0 Å². The molecule has 1 saturated heterocycles. The number of carbonyl (C=O) groups excluding carboxylic acids is 1. The molecule has 0 aromatic heterocycles. The van der Waals surface area contributed by atoms with Gasteiger partial charge in [0.2, 0.25) is 5.91 Å². The molecule has 2 fully saturated rings. The number of hydrogen-bond acceptors (Lipinski definition) is 2. The summed E-state index contributed by atoms with van der Waals surface area (Å²) in [6, 6.07) is 0.602. The topological polar surface area (TPSA) is 32.3 Å². The summed E-state index contributed by atoms with van der Waals surface area (Å²) in [5, 5.41) is 3.12. The Bertz CT molecular complexity index is 253. The van der Waals surface area contributed by atoms with Gasteiger partial charge in [0, 0.05) is 11.6 Å². The van der Waals surface area contributed by atoms with Gasteiger partial charge in [-0.05, 0) is 53.0 Å². The maximum atomic E-state index is 12.0. The van der Waals surface area contributed by atoms with E-state index in [0.29, 0.717) is 6.04 Å². The molecule has 0 aromatic carbocycles. The van der Waals surface area contributed by atoms with Crippen molar-refractivity contribution in [2.24, 2.45) is 0 Å². The predicted molar refractivity (Wildman–Crippen MR) is 60.6 cm³/mol. The molecule has 3 nitrogen and oxygen atoms in total. The maximum Gasteiger partial charge on any atom is 0.237 e. The van der Waals surface area contributed by atoms with Crippen LogP contribution in [-0.2, 0) is 4.79 Å². The van der Waals surface area contributed by atoms with E-state index in [1.54, 1.807) is 0 Å². The van der Waals surface area contributed by atoms with Crippen LogP contribution >= 0.6 is 0 Å². The van der Waals surface area contributed by atoms with Crippen LogP contribution < -0.4 is 5.32 Å². The zero-order valence-electron chi connectivity index (χ0n) is 10.0. The first-order chi connectivity index (χ1) is 6.98. The van der Waals surface area contributed by atoms with Crippen molar-refractivity contribution in [1.82, 2.24) is 10.2 Å². The largest absolute Gasteiger partial charge is 0.352 e. The van der Waals surface area contributed by atoms with Gasteiger partial charge in [-0.1, -0.05) is 0 Å². The van der Waals surface area contributed by atoms with Crippen molar-refractivity contribution in [3.63, 3.8) is 0 Å². The highest BCUT2D eigenvalue weighted by Gasteiger charge is 2.38. The molecule has 1 amide bonds. The summed E-state index contributed by atoms with van der Waals surface area (Å²) in [6.45, 7) is 7.63. The molecule has 0 bridgehead atoms. The van der Waals surface area contributed by atoms with E-state index in [9.17, 15) is 4.79 Å². The second-order valence-electron chi connectivity index (χ2n) is 5.81. The summed E-state index contributed by atoms with van der Waals surface area (Å²) in [7, 11) is 0. The summed E-state index contributed by atoms with van der Waals surface area (Å²) < 4.78 is 0. The SMILES string of the molecule is CC(C)(C)N1CCC[C@H]1C(=O)NC1CC1. The lowest BCUT2D eigenvalue weighted by atomic mass is 10.0. The van der Waals surface area contributed by atoms with Gasteiger partial charge in [-0.2, -0.15) is 0 Å². The minimum absolute atomic E-state index is 0.113. The number of carbonyl (C=O) groups is 1. The highest BCUT2D eigenvalue weighted by Crippen LogP contribution is 2.27. The van der Waals surface area contributed by atoms with Crippen LogP contribution in [0.3, 0.4) is 0 Å². The molecule has 1 N–H and O–H groups in total. The Hall–Kier alpha value is -0.570. The maximum absolute atomic E-state index is 12.0. The molecule has 1 aliphatic carbocycles. The highest BCUT2D eigenvalue weighted by molar-refractivity contribution is 5.82.